The SMILES string of the molecule is CC(C)C(N)C(=O)NC(CCC(=O)O)C(=O)NC(CC(=O)O)C(=O)NC(CO)C(=O)O. The molecule has 4 atom stereocenters. The van der Waals surface area contributed by atoms with Gasteiger partial charge >= 0.3 is 17.9 Å². The minimum atomic E-state index is -1.76. The van der Waals surface area contributed by atoms with Gasteiger partial charge in [0, 0.05) is 6.42 Å². The molecule has 0 saturated heterocycles. The van der Waals surface area contributed by atoms with Gasteiger partial charge in [-0.15, -0.1) is 0 Å². The number of carboxylic acids is 3. The van der Waals surface area contributed by atoms with Gasteiger partial charge in [0.25, 0.3) is 0 Å². The third-order valence-electron chi connectivity index (χ3n) is 4.11. The number of amides is 3. The fourth-order valence-corrected chi connectivity index (χ4v) is 2.22. The highest BCUT2D eigenvalue weighted by Crippen LogP contribution is 2.04. The van der Waals surface area contributed by atoms with Crippen LogP contribution in [0.2, 0.25) is 0 Å². The van der Waals surface area contributed by atoms with Crippen molar-refractivity contribution in [3.8, 4) is 0 Å². The van der Waals surface area contributed by atoms with E-state index >= 15 is 0 Å². The molecule has 0 rings (SSSR count). The molecule has 3 amide bonds. The summed E-state index contributed by atoms with van der Waals surface area (Å²) < 4.78 is 0. The van der Waals surface area contributed by atoms with Crippen molar-refractivity contribution in [1.82, 2.24) is 16.0 Å². The Balaban J connectivity index is 5.51. The van der Waals surface area contributed by atoms with Gasteiger partial charge in [-0.2, -0.15) is 0 Å². The number of aliphatic hydroxyl groups excluding tert-OH is 1. The number of nitrogens with one attached hydrogen (secondary N) is 3. The molecule has 14 heteroatoms. The highest BCUT2D eigenvalue weighted by atomic mass is 16.4. The summed E-state index contributed by atoms with van der Waals surface area (Å²) in [5, 5.41) is 41.9. The third kappa shape index (κ3) is 10.4. The molecule has 9 N–H and O–H groups in total. The van der Waals surface area contributed by atoms with E-state index in [9.17, 15) is 28.8 Å². The van der Waals surface area contributed by atoms with Gasteiger partial charge in [-0.3, -0.25) is 24.0 Å². The van der Waals surface area contributed by atoms with Crippen molar-refractivity contribution in [2.45, 2.75) is 57.3 Å². The van der Waals surface area contributed by atoms with Gasteiger partial charge in [0.2, 0.25) is 17.7 Å². The molecule has 31 heavy (non-hydrogen) atoms. The lowest BCUT2D eigenvalue weighted by Gasteiger charge is -2.24. The van der Waals surface area contributed by atoms with Crippen LogP contribution in [0, 0.1) is 5.92 Å². The Hall–Kier alpha value is -3.26. The smallest absolute Gasteiger partial charge is 0.328 e. The standard InChI is InChI=1S/C17H28N4O10/c1-7(2)13(18)16(29)19-8(3-4-11(23)24)14(27)20-9(5-12(25)26)15(28)21-10(6-22)17(30)31/h7-10,13,22H,3-6,18H2,1-2H3,(H,19,29)(H,20,27)(H,21,28)(H,23,24)(H,25,26)(H,30,31). The van der Waals surface area contributed by atoms with Crippen LogP contribution in [0.1, 0.15) is 33.1 Å². The van der Waals surface area contributed by atoms with Crippen LogP contribution in [0.15, 0.2) is 0 Å². The Labute approximate surface area is 177 Å². The minimum absolute atomic E-state index is 0.305. The lowest BCUT2D eigenvalue weighted by atomic mass is 10.0. The van der Waals surface area contributed by atoms with Crippen LogP contribution < -0.4 is 21.7 Å². The quantitative estimate of drug-likeness (QED) is 0.132. The number of carbonyl (C=O) groups is 6. The van der Waals surface area contributed by atoms with Crippen molar-refractivity contribution in [1.29, 1.82) is 0 Å². The van der Waals surface area contributed by atoms with Crippen molar-refractivity contribution in [2.75, 3.05) is 6.61 Å². The molecule has 0 aliphatic rings. The molecule has 0 spiro atoms. The molecular weight excluding hydrogens is 420 g/mol. The van der Waals surface area contributed by atoms with Crippen LogP contribution in [0.5, 0.6) is 0 Å². The number of carbonyl (C=O) groups excluding carboxylic acids is 3. The lowest BCUT2D eigenvalue weighted by Crippen LogP contribution is -2.58. The van der Waals surface area contributed by atoms with Crippen LogP contribution in [0.25, 0.3) is 0 Å². The highest BCUT2D eigenvalue weighted by molar-refractivity contribution is 5.95. The molecule has 176 valence electrons. The van der Waals surface area contributed by atoms with Gasteiger partial charge in [0.15, 0.2) is 0 Å². The average Bonchev–Trinajstić information content (AvgIpc) is 2.66. The second kappa shape index (κ2) is 13.1. The molecule has 14 nitrogen and oxygen atoms in total. The molecule has 0 aromatic heterocycles. The minimum Gasteiger partial charge on any atom is -0.481 e. The maximum absolute atomic E-state index is 12.6. The molecule has 0 aliphatic carbocycles. The van der Waals surface area contributed by atoms with E-state index < -0.39 is 79.2 Å². The van der Waals surface area contributed by atoms with E-state index in [2.05, 4.69) is 10.6 Å². The van der Waals surface area contributed by atoms with Gasteiger partial charge in [-0.05, 0) is 12.3 Å². The fraction of sp³-hybridized carbons (Fsp3) is 0.647. The lowest BCUT2D eigenvalue weighted by molar-refractivity contribution is -0.144. The number of aliphatic hydroxyl groups is 1. The predicted octanol–water partition coefficient (Wildman–Crippen LogP) is -3.16. The second-order valence-electron chi connectivity index (χ2n) is 7.00. The van der Waals surface area contributed by atoms with E-state index in [1.54, 1.807) is 13.8 Å². The molecular formula is C17H28N4O10. The summed E-state index contributed by atoms with van der Waals surface area (Å²) in [5.74, 6) is -7.71. The van der Waals surface area contributed by atoms with Crippen LogP contribution in [-0.4, -0.2) is 86.8 Å². The average molecular weight is 448 g/mol. The molecule has 0 saturated carbocycles. The van der Waals surface area contributed by atoms with E-state index in [0.717, 1.165) is 0 Å². The molecule has 4 unspecified atom stereocenters. The van der Waals surface area contributed by atoms with Gasteiger partial charge in [-0.1, -0.05) is 13.8 Å². The van der Waals surface area contributed by atoms with Crippen LogP contribution in [0.4, 0.5) is 0 Å². The first-order valence-corrected chi connectivity index (χ1v) is 9.24. The van der Waals surface area contributed by atoms with Crippen molar-refractivity contribution in [2.24, 2.45) is 11.7 Å². The van der Waals surface area contributed by atoms with E-state index in [0.29, 0.717) is 0 Å². The summed E-state index contributed by atoms with van der Waals surface area (Å²) in [4.78, 5) is 69.8. The zero-order valence-corrected chi connectivity index (χ0v) is 17.0. The zero-order chi connectivity index (χ0) is 24.3. The van der Waals surface area contributed by atoms with E-state index in [-0.39, 0.29) is 12.3 Å². The van der Waals surface area contributed by atoms with E-state index in [1.807, 2.05) is 5.32 Å². The Kier molecular flexibility index (Phi) is 11.7. The van der Waals surface area contributed by atoms with Gasteiger partial charge in [0.1, 0.15) is 18.1 Å². The van der Waals surface area contributed by atoms with Crippen LogP contribution in [0.3, 0.4) is 0 Å². The normalized spacial score (nSPS) is 14.6. The number of hydrogen-bond donors (Lipinski definition) is 8. The molecule has 0 fully saturated rings. The van der Waals surface area contributed by atoms with E-state index in [1.165, 1.54) is 0 Å². The maximum atomic E-state index is 12.6. The Morgan fingerprint density at radius 1 is 0.774 bits per heavy atom. The zero-order valence-electron chi connectivity index (χ0n) is 17.0. The summed E-state index contributed by atoms with van der Waals surface area (Å²) in [5.41, 5.74) is 5.70. The number of carboxylic acid groups (broad SMARTS) is 3. The Morgan fingerprint density at radius 3 is 1.68 bits per heavy atom. The number of hydrogen-bond acceptors (Lipinski definition) is 8. The second-order valence-corrected chi connectivity index (χ2v) is 7.00. The third-order valence-corrected chi connectivity index (χ3v) is 4.11. The van der Waals surface area contributed by atoms with Gasteiger partial charge in [0.05, 0.1) is 19.1 Å². The monoisotopic (exact) mass is 448 g/mol. The molecule has 0 aromatic carbocycles. The summed E-state index contributed by atoms with van der Waals surface area (Å²) in [6.45, 7) is 2.30. The van der Waals surface area contributed by atoms with E-state index in [4.69, 9.17) is 26.2 Å². The highest BCUT2D eigenvalue weighted by Gasteiger charge is 2.32. The first-order valence-electron chi connectivity index (χ1n) is 9.24. The van der Waals surface area contributed by atoms with Crippen molar-refractivity contribution in [3.63, 3.8) is 0 Å². The summed E-state index contributed by atoms with van der Waals surface area (Å²) >= 11 is 0. The van der Waals surface area contributed by atoms with Gasteiger partial charge in [-0.25, -0.2) is 4.79 Å². The van der Waals surface area contributed by atoms with Crippen molar-refractivity contribution in [3.05, 3.63) is 0 Å². The Bertz CT molecular complexity index is 696. The summed E-state index contributed by atoms with van der Waals surface area (Å²) in [6.07, 6.45) is -1.86. The number of nitrogens with two attached hydrogens (primary N) is 1. The van der Waals surface area contributed by atoms with Crippen LogP contribution in [-0.2, 0) is 28.8 Å². The van der Waals surface area contributed by atoms with Crippen molar-refractivity contribution < 1.29 is 49.2 Å². The predicted molar refractivity (Wildman–Crippen MR) is 102 cm³/mol. The Morgan fingerprint density at radius 2 is 1.26 bits per heavy atom. The first kappa shape index (κ1) is 27.7. The first-order chi connectivity index (χ1) is 14.3. The molecule has 0 heterocycles. The number of rotatable bonds is 14. The van der Waals surface area contributed by atoms with Gasteiger partial charge < -0.3 is 42.1 Å². The molecule has 0 aliphatic heterocycles. The number of aliphatic carboxylic acids is 3. The molecule has 0 bridgehead atoms. The fourth-order valence-electron chi connectivity index (χ4n) is 2.22. The van der Waals surface area contributed by atoms with Crippen LogP contribution >= 0.6 is 0 Å². The molecule has 0 aromatic rings. The van der Waals surface area contributed by atoms with Crippen molar-refractivity contribution >= 4 is 35.6 Å². The maximum Gasteiger partial charge on any atom is 0.328 e. The largest absolute Gasteiger partial charge is 0.481 e. The molecule has 0 radical (unpaired) electrons. The summed E-state index contributed by atoms with van der Waals surface area (Å²) in [6, 6.07) is -5.97. The topological polar surface area (TPSA) is 245 Å². The summed E-state index contributed by atoms with van der Waals surface area (Å²) in [7, 11) is 0.